The van der Waals surface area contributed by atoms with Crippen LogP contribution in [0.3, 0.4) is 0 Å². The van der Waals surface area contributed by atoms with Crippen LogP contribution < -0.4 is 0 Å². The molecule has 0 atom stereocenters. The highest BCUT2D eigenvalue weighted by Crippen LogP contribution is 2.45. The molecule has 0 aliphatic rings. The minimum Gasteiger partial charge on any atom is -0.296 e. The third kappa shape index (κ3) is 5.80. The summed E-state index contributed by atoms with van der Waals surface area (Å²) in [5, 5.41) is 4.97. The summed E-state index contributed by atoms with van der Waals surface area (Å²) < 4.78 is 2.30. The lowest BCUT2D eigenvalue weighted by molar-refractivity contribution is 0.908. The SMILES string of the molecule is CCc1nc2ccccc2n1-c1ccc(-c2c3ccccc3c(-c3ccc(-c4ccc(-c5ccccc5)cc4)cc3)c3cc(-c4ccccc4)ccc23)cc1. The standard InChI is InChI=1S/C53H38N2/c1-2-51-54-49-19-11-12-20-50(49)55(51)44-32-29-42(30-33-44)52-45-17-9-10-18-46(45)53(48-35-43(31-34-47(48)52)37-15-7-4-8-16-37)41-27-25-40(26-28-41)39-23-21-38(22-24-39)36-13-5-3-6-14-36/h3-35H,2H2,1H3. The van der Waals surface area contributed by atoms with Crippen molar-refractivity contribution in [2.24, 2.45) is 0 Å². The Bertz CT molecular complexity index is 2960. The molecular formula is C53H38N2. The molecule has 1 aromatic heterocycles. The monoisotopic (exact) mass is 702 g/mol. The first-order valence-electron chi connectivity index (χ1n) is 19.1. The molecule has 0 saturated heterocycles. The van der Waals surface area contributed by atoms with Gasteiger partial charge in [0.25, 0.3) is 0 Å². The van der Waals surface area contributed by atoms with Crippen LogP contribution in [0.4, 0.5) is 0 Å². The van der Waals surface area contributed by atoms with Crippen molar-refractivity contribution in [3.8, 4) is 61.3 Å². The molecule has 0 aliphatic heterocycles. The van der Waals surface area contributed by atoms with Gasteiger partial charge in [-0.3, -0.25) is 4.57 Å². The number of hydrogen-bond acceptors (Lipinski definition) is 1. The van der Waals surface area contributed by atoms with Crippen LogP contribution in [0.2, 0.25) is 0 Å². The fourth-order valence-corrected chi connectivity index (χ4v) is 8.30. The van der Waals surface area contributed by atoms with E-state index < -0.39 is 0 Å². The van der Waals surface area contributed by atoms with Crippen LogP contribution in [0.1, 0.15) is 12.7 Å². The average molecular weight is 703 g/mol. The van der Waals surface area contributed by atoms with Crippen molar-refractivity contribution in [1.29, 1.82) is 0 Å². The van der Waals surface area contributed by atoms with Gasteiger partial charge in [0.05, 0.1) is 11.0 Å². The van der Waals surface area contributed by atoms with Crippen molar-refractivity contribution in [3.63, 3.8) is 0 Å². The molecule has 0 fully saturated rings. The molecule has 0 N–H and O–H groups in total. The van der Waals surface area contributed by atoms with E-state index in [2.05, 4.69) is 212 Å². The van der Waals surface area contributed by atoms with Crippen molar-refractivity contribution >= 4 is 32.6 Å². The Balaban J connectivity index is 1.13. The lowest BCUT2D eigenvalue weighted by atomic mass is 9.84. The van der Waals surface area contributed by atoms with Gasteiger partial charge in [-0.1, -0.05) is 177 Å². The minimum absolute atomic E-state index is 0.860. The summed E-state index contributed by atoms with van der Waals surface area (Å²) in [5.74, 6) is 1.07. The number of hydrogen-bond donors (Lipinski definition) is 0. The first-order valence-corrected chi connectivity index (χ1v) is 19.1. The Kier molecular flexibility index (Phi) is 8.15. The summed E-state index contributed by atoms with van der Waals surface area (Å²) in [5.41, 5.74) is 15.5. The third-order valence-corrected chi connectivity index (χ3v) is 11.0. The van der Waals surface area contributed by atoms with E-state index in [0.29, 0.717) is 0 Å². The van der Waals surface area contributed by atoms with Gasteiger partial charge in [-0.25, -0.2) is 4.98 Å². The molecular weight excluding hydrogens is 665 g/mol. The second-order valence-corrected chi connectivity index (χ2v) is 14.2. The van der Waals surface area contributed by atoms with Gasteiger partial charge in [0.15, 0.2) is 0 Å². The maximum atomic E-state index is 4.94. The van der Waals surface area contributed by atoms with Crippen molar-refractivity contribution < 1.29 is 0 Å². The van der Waals surface area contributed by atoms with Crippen LogP contribution in [-0.4, -0.2) is 9.55 Å². The molecule has 2 heteroatoms. The quantitative estimate of drug-likeness (QED) is 0.151. The second-order valence-electron chi connectivity index (χ2n) is 14.2. The fourth-order valence-electron chi connectivity index (χ4n) is 8.30. The van der Waals surface area contributed by atoms with Crippen LogP contribution in [0.25, 0.3) is 93.9 Å². The van der Waals surface area contributed by atoms with Gasteiger partial charge in [0, 0.05) is 12.1 Å². The molecule has 0 spiro atoms. The molecule has 10 aromatic rings. The predicted molar refractivity (Wildman–Crippen MR) is 233 cm³/mol. The molecule has 0 amide bonds. The van der Waals surface area contributed by atoms with E-state index in [1.54, 1.807) is 0 Å². The topological polar surface area (TPSA) is 17.8 Å². The predicted octanol–water partition coefficient (Wildman–Crippen LogP) is 14.2. The first-order chi connectivity index (χ1) is 27.2. The van der Waals surface area contributed by atoms with E-state index >= 15 is 0 Å². The number of fused-ring (bicyclic) bond motifs is 3. The molecule has 55 heavy (non-hydrogen) atoms. The van der Waals surface area contributed by atoms with Gasteiger partial charge < -0.3 is 0 Å². The molecule has 1 heterocycles. The number of aromatic nitrogens is 2. The number of nitrogens with zero attached hydrogens (tertiary/aromatic N) is 2. The van der Waals surface area contributed by atoms with Crippen molar-refractivity contribution in [1.82, 2.24) is 9.55 Å². The fraction of sp³-hybridized carbons (Fsp3) is 0.0377. The smallest absolute Gasteiger partial charge is 0.114 e. The molecule has 0 saturated carbocycles. The third-order valence-electron chi connectivity index (χ3n) is 11.0. The summed E-state index contributed by atoms with van der Waals surface area (Å²) in [4.78, 5) is 4.94. The normalized spacial score (nSPS) is 11.4. The van der Waals surface area contributed by atoms with Crippen LogP contribution >= 0.6 is 0 Å². The molecule has 0 bridgehead atoms. The highest BCUT2D eigenvalue weighted by molar-refractivity contribution is 6.22. The summed E-state index contributed by atoms with van der Waals surface area (Å²) in [6, 6.07) is 72.7. The van der Waals surface area contributed by atoms with Gasteiger partial charge >= 0.3 is 0 Å². The first kappa shape index (κ1) is 32.6. The van der Waals surface area contributed by atoms with Crippen LogP contribution in [0.15, 0.2) is 200 Å². The largest absolute Gasteiger partial charge is 0.296 e. The molecule has 0 unspecified atom stereocenters. The minimum atomic E-state index is 0.860. The number of imidazole rings is 1. The number of benzene rings is 9. The van der Waals surface area contributed by atoms with Crippen LogP contribution in [0.5, 0.6) is 0 Å². The summed E-state index contributed by atoms with van der Waals surface area (Å²) >= 11 is 0. The lowest BCUT2D eigenvalue weighted by Gasteiger charge is -2.19. The summed E-state index contributed by atoms with van der Waals surface area (Å²) in [6.45, 7) is 2.17. The summed E-state index contributed by atoms with van der Waals surface area (Å²) in [6.07, 6.45) is 0.860. The van der Waals surface area contributed by atoms with E-state index in [4.69, 9.17) is 4.98 Å². The number of aryl methyl sites for hydroxylation is 1. The van der Waals surface area contributed by atoms with Gasteiger partial charge in [-0.15, -0.1) is 0 Å². The maximum Gasteiger partial charge on any atom is 0.114 e. The maximum absolute atomic E-state index is 4.94. The van der Waals surface area contributed by atoms with Gasteiger partial charge in [-0.05, 0) is 108 Å². The molecule has 2 nitrogen and oxygen atoms in total. The Hall–Kier alpha value is -7.03. The van der Waals surface area contributed by atoms with Crippen LogP contribution in [-0.2, 0) is 6.42 Å². The number of para-hydroxylation sites is 2. The zero-order chi connectivity index (χ0) is 36.7. The van der Waals surface area contributed by atoms with E-state index in [9.17, 15) is 0 Å². The zero-order valence-corrected chi connectivity index (χ0v) is 30.7. The molecule has 9 aromatic carbocycles. The van der Waals surface area contributed by atoms with E-state index in [0.717, 1.165) is 29.0 Å². The van der Waals surface area contributed by atoms with Crippen molar-refractivity contribution in [3.05, 3.63) is 206 Å². The Morgan fingerprint density at radius 1 is 0.364 bits per heavy atom. The molecule has 260 valence electrons. The highest BCUT2D eigenvalue weighted by Gasteiger charge is 2.19. The van der Waals surface area contributed by atoms with E-state index in [1.807, 2.05) is 0 Å². The average Bonchev–Trinajstić information content (AvgIpc) is 3.65. The highest BCUT2D eigenvalue weighted by atomic mass is 15.1. The van der Waals surface area contributed by atoms with E-state index in [-0.39, 0.29) is 0 Å². The lowest BCUT2D eigenvalue weighted by Crippen LogP contribution is -2.00. The number of rotatable bonds is 7. The van der Waals surface area contributed by atoms with Crippen molar-refractivity contribution in [2.75, 3.05) is 0 Å². The Morgan fingerprint density at radius 3 is 1.36 bits per heavy atom. The van der Waals surface area contributed by atoms with E-state index in [1.165, 1.54) is 77.2 Å². The van der Waals surface area contributed by atoms with Gasteiger partial charge in [0.2, 0.25) is 0 Å². The Labute approximate surface area is 321 Å². The zero-order valence-electron chi connectivity index (χ0n) is 30.7. The second kappa shape index (κ2) is 13.7. The Morgan fingerprint density at radius 2 is 0.782 bits per heavy atom. The molecule has 10 rings (SSSR count). The van der Waals surface area contributed by atoms with Gasteiger partial charge in [-0.2, -0.15) is 0 Å². The summed E-state index contributed by atoms with van der Waals surface area (Å²) in [7, 11) is 0. The van der Waals surface area contributed by atoms with Crippen LogP contribution in [0, 0.1) is 0 Å². The van der Waals surface area contributed by atoms with Crippen molar-refractivity contribution in [2.45, 2.75) is 13.3 Å². The van der Waals surface area contributed by atoms with Gasteiger partial charge in [0.1, 0.15) is 5.82 Å². The molecule has 0 radical (unpaired) electrons. The molecule has 0 aliphatic carbocycles.